The molecule has 19 heteroatoms. The van der Waals surface area contributed by atoms with Gasteiger partial charge in [0, 0.05) is 85.2 Å². The van der Waals surface area contributed by atoms with Crippen molar-refractivity contribution >= 4 is 48.9 Å². The van der Waals surface area contributed by atoms with Gasteiger partial charge in [-0.25, -0.2) is 30.3 Å². The summed E-state index contributed by atoms with van der Waals surface area (Å²) < 4.78 is 125. The van der Waals surface area contributed by atoms with Gasteiger partial charge < -0.3 is 20.9 Å². The lowest BCUT2D eigenvalue weighted by molar-refractivity contribution is -0.250. The Balaban J connectivity index is 0.917. The minimum absolute atomic E-state index is 0.0101. The van der Waals surface area contributed by atoms with E-state index in [4.69, 9.17) is 5.73 Å². The summed E-state index contributed by atoms with van der Waals surface area (Å²) in [6.07, 6.45) is 3.78. The summed E-state index contributed by atoms with van der Waals surface area (Å²) in [5, 5.41) is 2.98. The van der Waals surface area contributed by atoms with Crippen molar-refractivity contribution in [2.75, 3.05) is 68.3 Å². The Morgan fingerprint density at radius 3 is 2.21 bits per heavy atom. The van der Waals surface area contributed by atoms with Gasteiger partial charge in [0.15, 0.2) is 0 Å². The molecule has 5 fully saturated rings. The molecule has 0 spiro atoms. The number of benzene rings is 3. The summed E-state index contributed by atoms with van der Waals surface area (Å²) in [6.45, 7) is 10.3. The molecule has 3 aromatic carbocycles. The number of likely N-dealkylation sites (tertiary alicyclic amines) is 1. The molecule has 0 radical (unpaired) electrons. The zero-order chi connectivity index (χ0) is 47.3. The maximum atomic E-state index is 14.2. The zero-order valence-electron chi connectivity index (χ0n) is 37.3. The molecule has 3 aromatic rings. The first kappa shape index (κ1) is 48.7. The second kappa shape index (κ2) is 18.6. The van der Waals surface area contributed by atoms with E-state index < -0.39 is 64.6 Å². The molecular weight excluding hydrogens is 920 g/mol. The third kappa shape index (κ3) is 10.3. The van der Waals surface area contributed by atoms with Crippen molar-refractivity contribution in [1.29, 1.82) is 0 Å². The largest absolute Gasteiger partial charge is 0.501 e. The molecule has 2 aliphatic heterocycles. The number of rotatable bonds is 17. The second-order valence-corrected chi connectivity index (χ2v) is 24.5. The summed E-state index contributed by atoms with van der Waals surface area (Å²) in [7, 11) is -10.9. The Morgan fingerprint density at radius 1 is 0.909 bits per heavy atom. The molecule has 11 nitrogen and oxygen atoms in total. The highest BCUT2D eigenvalue weighted by molar-refractivity contribution is 7.99. The number of piperazine rings is 1. The molecule has 4 aliphatic carbocycles. The number of anilines is 2. The van der Waals surface area contributed by atoms with Gasteiger partial charge in [0.2, 0.25) is 6.43 Å². The highest BCUT2D eigenvalue weighted by atomic mass is 32.2. The quantitative estimate of drug-likeness (QED) is 0.0685. The van der Waals surface area contributed by atoms with Crippen LogP contribution < -0.4 is 20.7 Å². The molecule has 66 heavy (non-hydrogen) atoms. The van der Waals surface area contributed by atoms with Crippen LogP contribution >= 0.6 is 11.8 Å². The number of nitrogens with two attached hydrogens (primary N) is 1. The maximum absolute atomic E-state index is 14.2. The van der Waals surface area contributed by atoms with Gasteiger partial charge in [-0.1, -0.05) is 43.2 Å². The molecule has 2 atom stereocenters. The number of sulfone groups is 1. The number of sulfonamides is 1. The summed E-state index contributed by atoms with van der Waals surface area (Å²) in [5.41, 5.74) is 2.86. The molecular formula is C47H59F5N6O5S3. The molecule has 0 aromatic heterocycles. The first-order valence-corrected chi connectivity index (χ1v) is 26.5. The van der Waals surface area contributed by atoms with Crippen molar-refractivity contribution in [3.63, 3.8) is 0 Å². The third-order valence-corrected chi connectivity index (χ3v) is 18.4. The fraction of sp³-hybridized carbons (Fsp3) is 0.553. The van der Waals surface area contributed by atoms with Gasteiger partial charge in [-0.3, -0.25) is 9.69 Å². The Hall–Kier alpha value is -3.75. The van der Waals surface area contributed by atoms with E-state index in [-0.39, 0.29) is 22.4 Å². The molecule has 9 rings (SSSR count). The van der Waals surface area contributed by atoms with Crippen LogP contribution in [0.15, 0.2) is 98.6 Å². The Labute approximate surface area is 389 Å². The maximum Gasteiger partial charge on any atom is 0.501 e. The molecule has 2 saturated heterocycles. The van der Waals surface area contributed by atoms with E-state index >= 15 is 0 Å². The van der Waals surface area contributed by atoms with Crippen LogP contribution in [-0.2, 0) is 19.9 Å². The van der Waals surface area contributed by atoms with Crippen LogP contribution in [-0.4, -0.2) is 115 Å². The fourth-order valence-electron chi connectivity index (χ4n) is 10.7. The van der Waals surface area contributed by atoms with Gasteiger partial charge in [0.25, 0.3) is 25.8 Å². The highest BCUT2D eigenvalue weighted by Gasteiger charge is 2.73. The second-order valence-electron chi connectivity index (χ2n) is 19.9. The molecule has 360 valence electrons. The van der Waals surface area contributed by atoms with Crippen molar-refractivity contribution in [3.05, 3.63) is 89.5 Å². The summed E-state index contributed by atoms with van der Waals surface area (Å²) in [5.74, 6) is -0.690. The fourth-order valence-corrected chi connectivity index (χ4v) is 13.7. The number of thioether (sulfide) groups is 1. The van der Waals surface area contributed by atoms with E-state index in [1.54, 1.807) is 12.1 Å². The minimum Gasteiger partial charge on any atom is -0.380 e. The average molecular weight is 979 g/mol. The molecule has 2 bridgehead atoms. The van der Waals surface area contributed by atoms with Gasteiger partial charge in [-0.05, 0) is 123 Å². The standard InChI is InChI=1S/C47H59F5N6O5S3/c1-44(2)17-14-33(39(25-44)45-29-46(30-45,31-45)43(48)49)26-57-20-22-58(23-21-57)36-10-8-32(9-11-36)42(59)55-66(62,63)38-12-13-40(41(24-38)65(60,61)47(50,51)52)54-35(16-19-56-18-15-34(53)27-56)28-64-37-6-4-3-5-7-37/h3-13,24,34-35,43,54H,14-23,25-31,53H2,1-2H3,(H,55,59)/t34-,35?,45?,46?/m0/s1. The molecule has 1 amide bonds. The number of hydrogen-bond acceptors (Lipinski definition) is 11. The number of alkyl halides is 5. The summed E-state index contributed by atoms with van der Waals surface area (Å²) in [6, 6.07) is 17.5. The summed E-state index contributed by atoms with van der Waals surface area (Å²) in [4.78, 5) is 18.8. The molecule has 3 saturated carbocycles. The Kier molecular flexibility index (Phi) is 13.7. The molecule has 2 heterocycles. The smallest absolute Gasteiger partial charge is 0.380 e. The lowest BCUT2D eigenvalue weighted by atomic mass is 9.32. The third-order valence-electron chi connectivity index (χ3n) is 14.4. The zero-order valence-corrected chi connectivity index (χ0v) is 39.7. The van der Waals surface area contributed by atoms with Crippen molar-refractivity contribution in [3.8, 4) is 0 Å². The van der Waals surface area contributed by atoms with E-state index in [2.05, 4.69) is 33.9 Å². The van der Waals surface area contributed by atoms with Crippen molar-refractivity contribution < 1.29 is 43.6 Å². The van der Waals surface area contributed by atoms with E-state index in [1.807, 2.05) is 35.1 Å². The number of amides is 1. The number of carbonyl (C=O) groups is 1. The first-order chi connectivity index (χ1) is 31.1. The number of nitrogens with zero attached hydrogens (tertiary/aromatic N) is 3. The number of hydrogen-bond donors (Lipinski definition) is 3. The highest BCUT2D eigenvalue weighted by Crippen LogP contribution is 2.79. The predicted molar refractivity (Wildman–Crippen MR) is 247 cm³/mol. The average Bonchev–Trinajstić information content (AvgIpc) is 3.66. The van der Waals surface area contributed by atoms with Crippen LogP contribution in [0.2, 0.25) is 0 Å². The number of halogens is 5. The Morgan fingerprint density at radius 2 is 1.59 bits per heavy atom. The Bertz CT molecular complexity index is 2500. The number of nitrogens with one attached hydrogen (secondary N) is 2. The SMILES string of the molecule is CC1(C)CCC(CN2CCN(c3ccc(C(=O)NS(=O)(=O)c4ccc(NC(CCN5CC[C@H](N)C5)CSc5ccccc5)c(S(=O)(=O)C(F)(F)F)c4)cc3)CC2)=C(C23CC(C(F)F)(C2)C3)C1. The van der Waals surface area contributed by atoms with Crippen LogP contribution in [0, 0.1) is 16.2 Å². The van der Waals surface area contributed by atoms with E-state index in [0.29, 0.717) is 63.7 Å². The van der Waals surface area contributed by atoms with E-state index in [1.165, 1.54) is 35.0 Å². The van der Waals surface area contributed by atoms with Gasteiger partial charge in [-0.15, -0.1) is 11.8 Å². The lowest BCUT2D eigenvalue weighted by Crippen LogP contribution is -2.66. The monoisotopic (exact) mass is 978 g/mol. The van der Waals surface area contributed by atoms with Gasteiger partial charge in [0.05, 0.1) is 10.6 Å². The number of carbonyl (C=O) groups excluding carboxylic acids is 1. The van der Waals surface area contributed by atoms with Crippen LogP contribution in [0.5, 0.6) is 0 Å². The molecule has 4 N–H and O–H groups in total. The van der Waals surface area contributed by atoms with Gasteiger partial charge in [0.1, 0.15) is 4.90 Å². The lowest BCUT2D eigenvalue weighted by Gasteiger charge is -2.72. The van der Waals surface area contributed by atoms with Crippen LogP contribution in [0.25, 0.3) is 0 Å². The first-order valence-electron chi connectivity index (χ1n) is 22.6. The normalized spacial score (nSPS) is 25.3. The number of allylic oxidation sites excluding steroid dienone is 1. The van der Waals surface area contributed by atoms with Crippen molar-refractivity contribution in [2.45, 2.75) is 104 Å². The van der Waals surface area contributed by atoms with E-state index in [9.17, 15) is 43.6 Å². The van der Waals surface area contributed by atoms with Crippen LogP contribution in [0.3, 0.4) is 0 Å². The van der Waals surface area contributed by atoms with Crippen molar-refractivity contribution in [1.82, 2.24) is 14.5 Å². The molecule has 1 unspecified atom stereocenters. The topological polar surface area (TPSA) is 145 Å². The minimum atomic E-state index is -6.07. The van der Waals surface area contributed by atoms with Gasteiger partial charge >= 0.3 is 5.51 Å². The van der Waals surface area contributed by atoms with Crippen LogP contribution in [0.4, 0.5) is 33.3 Å². The molecule has 6 aliphatic rings. The van der Waals surface area contributed by atoms with E-state index in [0.717, 1.165) is 74.6 Å². The van der Waals surface area contributed by atoms with Crippen molar-refractivity contribution in [2.24, 2.45) is 22.0 Å². The predicted octanol–water partition coefficient (Wildman–Crippen LogP) is 8.16. The van der Waals surface area contributed by atoms with Crippen LogP contribution in [0.1, 0.15) is 75.6 Å². The van der Waals surface area contributed by atoms with Gasteiger partial charge in [-0.2, -0.15) is 13.2 Å². The summed E-state index contributed by atoms with van der Waals surface area (Å²) >= 11 is 1.44.